The molecule has 3 amide bonds. The van der Waals surface area contributed by atoms with E-state index in [0.717, 1.165) is 16.0 Å². The number of carboxylic acid groups (broad SMARTS) is 1. The largest absolute Gasteiger partial charge is 0.465 e. The minimum Gasteiger partial charge on any atom is -0.465 e. The zero-order valence-corrected chi connectivity index (χ0v) is 24.6. The molecule has 1 saturated heterocycles. The van der Waals surface area contributed by atoms with E-state index in [4.69, 9.17) is 23.2 Å². The molecule has 1 N–H and O–H groups in total. The first-order chi connectivity index (χ1) is 19.5. The average Bonchev–Trinajstić information content (AvgIpc) is 3.48. The van der Waals surface area contributed by atoms with Crippen LogP contribution in [0, 0.1) is 6.92 Å². The number of halogens is 2. The molecule has 3 heterocycles. The van der Waals surface area contributed by atoms with Crippen LogP contribution < -0.4 is 0 Å². The number of rotatable bonds is 8. The molecular formula is C27H29Cl2N5O6S. The van der Waals surface area contributed by atoms with Gasteiger partial charge in [0, 0.05) is 36.6 Å². The maximum atomic E-state index is 13.8. The normalized spacial score (nSPS) is 16.7. The van der Waals surface area contributed by atoms with Crippen molar-refractivity contribution in [3.63, 3.8) is 0 Å². The van der Waals surface area contributed by atoms with Gasteiger partial charge in [-0.05, 0) is 54.8 Å². The minimum atomic E-state index is -4.09. The highest BCUT2D eigenvalue weighted by molar-refractivity contribution is 7.91. The molecule has 0 aliphatic carbocycles. The number of sulfone groups is 1. The van der Waals surface area contributed by atoms with Gasteiger partial charge in [0.05, 0.1) is 29.1 Å². The van der Waals surface area contributed by atoms with Crippen molar-refractivity contribution in [2.45, 2.75) is 43.3 Å². The Kier molecular flexibility index (Phi) is 8.18. The van der Waals surface area contributed by atoms with Crippen LogP contribution in [-0.2, 0) is 21.2 Å². The molecule has 0 radical (unpaired) electrons. The number of likely N-dealkylation sites (tertiary alicyclic amines) is 1. The van der Waals surface area contributed by atoms with Gasteiger partial charge >= 0.3 is 12.1 Å². The van der Waals surface area contributed by atoms with E-state index in [1.165, 1.54) is 17.0 Å². The lowest BCUT2D eigenvalue weighted by Crippen LogP contribution is -2.56. The molecule has 3 aromatic rings. The second kappa shape index (κ2) is 11.5. The number of hydrogen-bond acceptors (Lipinski definition) is 6. The summed E-state index contributed by atoms with van der Waals surface area (Å²) in [5, 5.41) is 11.8. The van der Waals surface area contributed by atoms with E-state index in [9.17, 15) is 27.9 Å². The van der Waals surface area contributed by atoms with Crippen molar-refractivity contribution in [1.29, 1.82) is 0 Å². The van der Waals surface area contributed by atoms with E-state index in [1.54, 1.807) is 46.9 Å². The van der Waals surface area contributed by atoms with Crippen molar-refractivity contribution >= 4 is 61.8 Å². The van der Waals surface area contributed by atoms with Crippen molar-refractivity contribution in [2.24, 2.45) is 0 Å². The predicted molar refractivity (Wildman–Crippen MR) is 153 cm³/mol. The quantitative estimate of drug-likeness (QED) is 0.378. The van der Waals surface area contributed by atoms with Gasteiger partial charge < -0.3 is 14.9 Å². The summed E-state index contributed by atoms with van der Waals surface area (Å²) in [6.07, 6.45) is 1.20. The van der Waals surface area contributed by atoms with Crippen LogP contribution in [-0.4, -0.2) is 99.2 Å². The van der Waals surface area contributed by atoms with Gasteiger partial charge in [0.25, 0.3) is 0 Å². The van der Waals surface area contributed by atoms with E-state index >= 15 is 0 Å². The number of hydrogen-bond donors (Lipinski definition) is 1. The topological polar surface area (TPSA) is 133 Å². The van der Waals surface area contributed by atoms with E-state index < -0.39 is 33.6 Å². The Morgan fingerprint density at radius 2 is 1.83 bits per heavy atom. The number of imidazole rings is 1. The lowest BCUT2D eigenvalue weighted by atomic mass is 10.0. The van der Waals surface area contributed by atoms with Gasteiger partial charge in [0.2, 0.25) is 5.91 Å². The zero-order chi connectivity index (χ0) is 29.5. The summed E-state index contributed by atoms with van der Waals surface area (Å²) in [6, 6.07) is 7.83. The number of aryl methyl sites for hydroxylation is 1. The third-order valence-corrected chi connectivity index (χ3v) is 9.87. The molecule has 2 aliphatic rings. The van der Waals surface area contributed by atoms with Gasteiger partial charge in [-0.1, -0.05) is 23.7 Å². The third-order valence-electron chi connectivity index (χ3n) is 7.74. The molecule has 0 saturated carbocycles. The lowest BCUT2D eigenvalue weighted by molar-refractivity contribution is -0.137. The number of aromatic nitrogens is 2. The number of carbonyl (C=O) groups excluding carboxylic acids is 2. The number of fused-ring (bicyclic) bond motifs is 2. The van der Waals surface area contributed by atoms with Crippen LogP contribution in [0.5, 0.6) is 0 Å². The maximum absolute atomic E-state index is 13.8. The molecule has 0 bridgehead atoms. The van der Waals surface area contributed by atoms with Gasteiger partial charge in [0.1, 0.15) is 11.9 Å². The van der Waals surface area contributed by atoms with Crippen LogP contribution in [0.4, 0.5) is 9.59 Å². The number of benzene rings is 2. The summed E-state index contributed by atoms with van der Waals surface area (Å²) in [5.41, 5.74) is 0.811. The molecule has 2 aromatic carbocycles. The van der Waals surface area contributed by atoms with E-state index in [0.29, 0.717) is 35.6 Å². The highest BCUT2D eigenvalue weighted by Crippen LogP contribution is 2.28. The summed E-state index contributed by atoms with van der Waals surface area (Å²) < 4.78 is 28.7. The van der Waals surface area contributed by atoms with Crippen LogP contribution in [0.25, 0.3) is 10.8 Å². The number of alkyl halides is 1. The van der Waals surface area contributed by atoms with Crippen molar-refractivity contribution < 1.29 is 27.9 Å². The summed E-state index contributed by atoms with van der Waals surface area (Å²) in [6.45, 7) is 2.48. The van der Waals surface area contributed by atoms with Crippen molar-refractivity contribution in [2.75, 3.05) is 31.3 Å². The Hall–Kier alpha value is -3.35. The van der Waals surface area contributed by atoms with Crippen LogP contribution >= 0.6 is 23.2 Å². The number of nitrogens with zero attached hydrogens (tertiary/aromatic N) is 5. The van der Waals surface area contributed by atoms with E-state index in [-0.39, 0.29) is 42.5 Å². The first-order valence-corrected chi connectivity index (χ1v) is 15.7. The summed E-state index contributed by atoms with van der Waals surface area (Å²) in [7, 11) is -4.09. The monoisotopic (exact) mass is 621 g/mol. The van der Waals surface area contributed by atoms with Crippen LogP contribution in [0.15, 0.2) is 47.5 Å². The Balaban J connectivity index is 1.34. The van der Waals surface area contributed by atoms with Gasteiger partial charge in [-0.3, -0.25) is 14.3 Å². The molecule has 1 aromatic heterocycles. The third kappa shape index (κ3) is 5.73. The fraction of sp³-hybridized carbons (Fsp3) is 0.407. The zero-order valence-electron chi connectivity index (χ0n) is 22.2. The minimum absolute atomic E-state index is 0.0266. The molecule has 218 valence electrons. The smallest absolute Gasteiger partial charge is 0.408 e. The van der Waals surface area contributed by atoms with E-state index in [2.05, 4.69) is 4.98 Å². The molecule has 5 rings (SSSR count). The Bertz CT molecular complexity index is 1620. The highest BCUT2D eigenvalue weighted by Gasteiger charge is 2.40. The van der Waals surface area contributed by atoms with Gasteiger partial charge in [0.15, 0.2) is 9.84 Å². The number of amides is 3. The fourth-order valence-corrected chi connectivity index (χ4v) is 7.47. The fourth-order valence-electron chi connectivity index (χ4n) is 5.59. The van der Waals surface area contributed by atoms with Crippen molar-refractivity contribution in [1.82, 2.24) is 24.3 Å². The Morgan fingerprint density at radius 3 is 2.49 bits per heavy atom. The second-order valence-electron chi connectivity index (χ2n) is 10.2. The van der Waals surface area contributed by atoms with Crippen molar-refractivity contribution in [3.8, 4) is 0 Å². The Labute approximate surface area is 247 Å². The first-order valence-electron chi connectivity index (χ1n) is 13.1. The average molecular weight is 623 g/mol. The van der Waals surface area contributed by atoms with Gasteiger partial charge in [-0.2, -0.15) is 0 Å². The molecule has 11 nitrogen and oxygen atoms in total. The van der Waals surface area contributed by atoms with Crippen LogP contribution in [0.3, 0.4) is 0 Å². The molecule has 0 unspecified atom stereocenters. The molecular weight excluding hydrogens is 593 g/mol. The second-order valence-corrected chi connectivity index (χ2v) is 13.1. The van der Waals surface area contributed by atoms with Crippen LogP contribution in [0.1, 0.15) is 24.4 Å². The molecule has 1 atom stereocenters. The predicted octanol–water partition coefficient (Wildman–Crippen LogP) is 3.83. The van der Waals surface area contributed by atoms with Crippen LogP contribution in [0.2, 0.25) is 5.02 Å². The van der Waals surface area contributed by atoms with Gasteiger partial charge in [-0.25, -0.2) is 23.0 Å². The molecule has 0 spiro atoms. The summed E-state index contributed by atoms with van der Waals surface area (Å²) >= 11 is 11.9. The summed E-state index contributed by atoms with van der Waals surface area (Å²) in [4.78, 5) is 47.1. The highest BCUT2D eigenvalue weighted by atomic mass is 35.5. The number of piperidine rings is 1. The summed E-state index contributed by atoms with van der Waals surface area (Å²) in [5.74, 6) is -0.833. The number of carbonyl (C=O) groups is 3. The standard InChI is InChI=1S/C27H29Cl2N5O6S/c1-17-30-14-22-15-33(26(36)34(17)22)21-6-9-31(10-7-21)25(35)24(32(11-8-28)27(37)38)16-41(39,40)23-5-3-18-12-20(29)4-2-19(18)13-23/h2-5,12-14,21,24H,6-11,15-16H2,1H3,(H,37,38)/t24-/m1/s1. The van der Waals surface area contributed by atoms with Crippen molar-refractivity contribution in [3.05, 3.63) is 59.1 Å². The first kappa shape index (κ1) is 29.2. The lowest BCUT2D eigenvalue weighted by Gasteiger charge is -2.39. The molecule has 41 heavy (non-hydrogen) atoms. The SMILES string of the molecule is Cc1ncc2n1C(=O)N(C1CCN(C(=O)[C@@H](CS(=O)(=O)c3ccc4cc(Cl)ccc4c3)N(CCCl)C(=O)O)CC1)C2. The van der Waals surface area contributed by atoms with Gasteiger partial charge in [-0.15, -0.1) is 11.6 Å². The Morgan fingerprint density at radius 1 is 1.15 bits per heavy atom. The maximum Gasteiger partial charge on any atom is 0.408 e. The molecule has 1 fully saturated rings. The van der Waals surface area contributed by atoms with E-state index in [1.807, 2.05) is 0 Å². The molecule has 2 aliphatic heterocycles. The molecule has 14 heteroatoms.